The molecule has 2 aromatic rings. The van der Waals surface area contributed by atoms with Crippen molar-refractivity contribution >= 4 is 41.0 Å². The van der Waals surface area contributed by atoms with Crippen LogP contribution in [0.25, 0.3) is 12.2 Å². The number of rotatable bonds is 6. The van der Waals surface area contributed by atoms with E-state index in [0.29, 0.717) is 10.7 Å². The Morgan fingerprint density at radius 1 is 1.13 bits per heavy atom. The molecule has 1 aromatic heterocycles. The number of nitrogens with one attached hydrogen (secondary N) is 1. The van der Waals surface area contributed by atoms with E-state index < -0.39 is 0 Å². The van der Waals surface area contributed by atoms with Gasteiger partial charge in [-0.05, 0) is 59.5 Å². The molecular formula is C24H26N2O4S. The van der Waals surface area contributed by atoms with Gasteiger partial charge in [0.1, 0.15) is 11.5 Å². The number of amides is 3. The summed E-state index contributed by atoms with van der Waals surface area (Å²) in [5, 5.41) is 2.34. The van der Waals surface area contributed by atoms with Crippen LogP contribution >= 0.6 is 11.8 Å². The number of carbonyl (C=O) groups is 3. The van der Waals surface area contributed by atoms with Crippen molar-refractivity contribution in [1.29, 1.82) is 0 Å². The molecule has 162 valence electrons. The minimum absolute atomic E-state index is 0.0485. The van der Waals surface area contributed by atoms with E-state index in [9.17, 15) is 14.4 Å². The molecule has 1 aromatic carbocycles. The van der Waals surface area contributed by atoms with Crippen LogP contribution in [0.5, 0.6) is 0 Å². The van der Waals surface area contributed by atoms with Crippen molar-refractivity contribution in [2.75, 3.05) is 13.1 Å². The first kappa shape index (κ1) is 22.6. The minimum atomic E-state index is -0.342. The average molecular weight is 439 g/mol. The van der Waals surface area contributed by atoms with E-state index in [1.54, 1.807) is 18.2 Å². The topological polar surface area (TPSA) is 79.6 Å². The van der Waals surface area contributed by atoms with Crippen LogP contribution in [-0.2, 0) is 15.0 Å². The molecule has 0 atom stereocenters. The number of nitrogens with zero attached hydrogens (tertiary/aromatic N) is 1. The molecule has 1 N–H and O–H groups in total. The van der Waals surface area contributed by atoms with Gasteiger partial charge in [-0.2, -0.15) is 0 Å². The van der Waals surface area contributed by atoms with Gasteiger partial charge in [-0.25, -0.2) is 0 Å². The van der Waals surface area contributed by atoms with E-state index >= 15 is 0 Å². The molecule has 0 unspecified atom stereocenters. The number of benzene rings is 1. The Morgan fingerprint density at radius 3 is 2.45 bits per heavy atom. The highest BCUT2D eigenvalue weighted by atomic mass is 32.2. The van der Waals surface area contributed by atoms with Crippen molar-refractivity contribution in [3.63, 3.8) is 0 Å². The third kappa shape index (κ3) is 5.98. The third-order valence-corrected chi connectivity index (χ3v) is 5.65. The number of aryl methyl sites for hydroxylation is 1. The fraction of sp³-hybridized carbons (Fsp3) is 0.292. The highest BCUT2D eigenvalue weighted by molar-refractivity contribution is 8.18. The summed E-state index contributed by atoms with van der Waals surface area (Å²) in [6.07, 6.45) is 4.65. The second-order valence-electron chi connectivity index (χ2n) is 8.28. The first-order chi connectivity index (χ1) is 14.6. The van der Waals surface area contributed by atoms with E-state index in [-0.39, 0.29) is 35.6 Å². The van der Waals surface area contributed by atoms with Crippen molar-refractivity contribution in [3.05, 3.63) is 70.0 Å². The van der Waals surface area contributed by atoms with Crippen molar-refractivity contribution in [2.24, 2.45) is 0 Å². The van der Waals surface area contributed by atoms with Crippen LogP contribution in [0.3, 0.4) is 0 Å². The molecule has 0 aliphatic carbocycles. The number of furan rings is 1. The monoisotopic (exact) mass is 438 g/mol. The van der Waals surface area contributed by atoms with E-state index in [0.717, 1.165) is 28.0 Å². The zero-order valence-corrected chi connectivity index (χ0v) is 18.9. The Labute approximate surface area is 186 Å². The normalized spacial score (nSPS) is 16.0. The summed E-state index contributed by atoms with van der Waals surface area (Å²) in [5.74, 6) is 0.679. The van der Waals surface area contributed by atoms with Gasteiger partial charge in [-0.1, -0.05) is 45.0 Å². The van der Waals surface area contributed by atoms with E-state index in [1.807, 2.05) is 37.3 Å². The molecule has 3 rings (SSSR count). The lowest BCUT2D eigenvalue weighted by atomic mass is 9.87. The first-order valence-electron chi connectivity index (χ1n) is 10.0. The summed E-state index contributed by atoms with van der Waals surface area (Å²) < 4.78 is 5.36. The average Bonchev–Trinajstić information content (AvgIpc) is 3.24. The molecule has 0 bridgehead atoms. The van der Waals surface area contributed by atoms with Crippen LogP contribution in [0, 0.1) is 6.92 Å². The lowest BCUT2D eigenvalue weighted by Gasteiger charge is -2.18. The molecule has 3 amide bonds. The summed E-state index contributed by atoms with van der Waals surface area (Å²) in [4.78, 5) is 38.3. The Balaban J connectivity index is 1.54. The van der Waals surface area contributed by atoms with Gasteiger partial charge in [0.2, 0.25) is 5.91 Å². The minimum Gasteiger partial charge on any atom is -0.462 e. The summed E-state index contributed by atoms with van der Waals surface area (Å²) in [5.41, 5.74) is 2.11. The van der Waals surface area contributed by atoms with Crippen molar-refractivity contribution in [3.8, 4) is 0 Å². The molecule has 0 saturated carbocycles. The van der Waals surface area contributed by atoms with Gasteiger partial charge in [0.05, 0.1) is 4.91 Å². The maximum atomic E-state index is 12.6. The number of thioether (sulfide) groups is 1. The summed E-state index contributed by atoms with van der Waals surface area (Å²) in [6.45, 7) is 8.53. The maximum absolute atomic E-state index is 12.6. The Kier molecular flexibility index (Phi) is 6.85. The lowest BCUT2D eigenvalue weighted by Crippen LogP contribution is -2.36. The number of carbonyl (C=O) groups excluding carboxylic acids is 3. The number of imide groups is 1. The van der Waals surface area contributed by atoms with Crippen LogP contribution < -0.4 is 5.32 Å². The maximum Gasteiger partial charge on any atom is 0.293 e. The predicted octanol–water partition coefficient (Wildman–Crippen LogP) is 4.75. The Morgan fingerprint density at radius 2 is 1.84 bits per heavy atom. The van der Waals surface area contributed by atoms with Gasteiger partial charge < -0.3 is 9.73 Å². The van der Waals surface area contributed by atoms with Crippen molar-refractivity contribution < 1.29 is 18.8 Å². The summed E-state index contributed by atoms with van der Waals surface area (Å²) in [6, 6.07) is 11.5. The van der Waals surface area contributed by atoms with E-state index in [1.165, 1.54) is 11.6 Å². The molecule has 1 saturated heterocycles. The summed E-state index contributed by atoms with van der Waals surface area (Å²) >= 11 is 0.915. The summed E-state index contributed by atoms with van der Waals surface area (Å²) in [7, 11) is 0. The molecule has 1 fully saturated rings. The Hall–Kier alpha value is -3.06. The standard InChI is InChI=1S/C24H26N2O4S/c1-16-5-10-19(30-16)11-12-21(27)25-13-14-26-22(28)20(31-23(26)29)15-17-6-8-18(9-7-17)24(2,3)4/h5-12,15H,13-14H2,1-4H3,(H,25,27)/b12-11+,20-15+. The SMILES string of the molecule is Cc1ccc(/C=C/C(=O)NCCN2C(=O)S/C(=C/c3ccc(C(C)(C)C)cc3)C2=O)o1. The molecule has 0 spiro atoms. The van der Waals surface area contributed by atoms with Crippen LogP contribution in [0.4, 0.5) is 4.79 Å². The van der Waals surface area contributed by atoms with Crippen LogP contribution in [-0.4, -0.2) is 35.0 Å². The quantitative estimate of drug-likeness (QED) is 0.659. The van der Waals surface area contributed by atoms with Crippen LogP contribution in [0.15, 0.2) is 51.8 Å². The molecule has 6 nitrogen and oxygen atoms in total. The number of hydrogen-bond acceptors (Lipinski definition) is 5. The zero-order valence-electron chi connectivity index (χ0n) is 18.1. The second kappa shape index (κ2) is 9.39. The molecule has 31 heavy (non-hydrogen) atoms. The van der Waals surface area contributed by atoms with Gasteiger partial charge in [0, 0.05) is 19.2 Å². The third-order valence-electron chi connectivity index (χ3n) is 4.74. The van der Waals surface area contributed by atoms with Crippen molar-refractivity contribution in [2.45, 2.75) is 33.1 Å². The molecule has 1 aliphatic heterocycles. The second-order valence-corrected chi connectivity index (χ2v) is 9.27. The smallest absolute Gasteiger partial charge is 0.293 e. The largest absolute Gasteiger partial charge is 0.462 e. The molecular weight excluding hydrogens is 412 g/mol. The van der Waals surface area contributed by atoms with Crippen LogP contribution in [0.1, 0.15) is 43.4 Å². The molecule has 2 heterocycles. The van der Waals surface area contributed by atoms with Gasteiger partial charge in [0.25, 0.3) is 11.1 Å². The highest BCUT2D eigenvalue weighted by Gasteiger charge is 2.34. The zero-order chi connectivity index (χ0) is 22.6. The fourth-order valence-corrected chi connectivity index (χ4v) is 3.84. The number of hydrogen-bond donors (Lipinski definition) is 1. The Bertz CT molecular complexity index is 1040. The van der Waals surface area contributed by atoms with Gasteiger partial charge in [-0.15, -0.1) is 0 Å². The van der Waals surface area contributed by atoms with E-state index in [4.69, 9.17) is 4.42 Å². The molecule has 1 aliphatic rings. The first-order valence-corrected chi connectivity index (χ1v) is 10.8. The fourth-order valence-electron chi connectivity index (χ4n) is 2.97. The van der Waals surface area contributed by atoms with Gasteiger partial charge >= 0.3 is 0 Å². The van der Waals surface area contributed by atoms with Crippen molar-refractivity contribution in [1.82, 2.24) is 10.2 Å². The van der Waals surface area contributed by atoms with Gasteiger partial charge in [0.15, 0.2) is 0 Å². The van der Waals surface area contributed by atoms with Gasteiger partial charge in [-0.3, -0.25) is 19.3 Å². The predicted molar refractivity (Wildman–Crippen MR) is 123 cm³/mol. The van der Waals surface area contributed by atoms with E-state index in [2.05, 4.69) is 26.1 Å². The lowest BCUT2D eigenvalue weighted by molar-refractivity contribution is -0.123. The molecule has 7 heteroatoms. The highest BCUT2D eigenvalue weighted by Crippen LogP contribution is 2.32. The molecule has 0 radical (unpaired) electrons. The van der Waals surface area contributed by atoms with Crippen LogP contribution in [0.2, 0.25) is 0 Å².